The Morgan fingerprint density at radius 1 is 1.09 bits per heavy atom. The molecule has 2 heterocycles. The number of aliphatic hydroxyl groups is 1. The van der Waals surface area contributed by atoms with Crippen molar-refractivity contribution < 1.29 is 43.5 Å². The Kier molecular flexibility index (Phi) is 13.7. The van der Waals surface area contributed by atoms with Gasteiger partial charge in [-0.3, -0.25) is 9.69 Å². The average Bonchev–Trinajstić information content (AvgIpc) is 3.47. The fourth-order valence-electron chi connectivity index (χ4n) is 4.75. The molecular weight excluding hydrogens is 558 g/mol. The van der Waals surface area contributed by atoms with Gasteiger partial charge in [-0.15, -0.1) is 0 Å². The Balaban J connectivity index is 0.00000248. The lowest BCUT2D eigenvalue weighted by Gasteiger charge is -2.31. The Labute approximate surface area is 252 Å². The summed E-state index contributed by atoms with van der Waals surface area (Å²) in [4.78, 5) is 38.1. The Hall–Kier alpha value is -3.71. The molecule has 43 heavy (non-hydrogen) atoms. The summed E-state index contributed by atoms with van der Waals surface area (Å²) in [7, 11) is 0. The van der Waals surface area contributed by atoms with Crippen LogP contribution in [0.3, 0.4) is 0 Å². The summed E-state index contributed by atoms with van der Waals surface area (Å²) in [5.41, 5.74) is 7.52. The smallest absolute Gasteiger partial charge is 0.412 e. The number of amides is 2. The fraction of sp³-hybridized carbons (Fsp3) is 0.516. The number of hydrogen-bond donors (Lipinski definition) is 4. The van der Waals surface area contributed by atoms with Gasteiger partial charge in [-0.2, -0.15) is 0 Å². The van der Waals surface area contributed by atoms with Crippen molar-refractivity contribution in [3.05, 3.63) is 59.7 Å². The molecule has 0 spiro atoms. The number of nitrogens with two attached hydrogens (primary N) is 1. The number of nitrogens with one attached hydrogen (secondary N) is 1. The first-order valence-corrected chi connectivity index (χ1v) is 14.8. The summed E-state index contributed by atoms with van der Waals surface area (Å²) in [6.07, 6.45) is -1.65. The van der Waals surface area contributed by atoms with E-state index in [1.807, 2.05) is 44.2 Å². The third kappa shape index (κ3) is 10.5. The van der Waals surface area contributed by atoms with Crippen LogP contribution in [0.1, 0.15) is 57.1 Å². The number of carbonyl (C=O) groups excluding carboxylic acids is 2. The molecular formula is C31H43N3O9. The third-order valence-corrected chi connectivity index (χ3v) is 6.83. The first kappa shape index (κ1) is 33.8. The first-order chi connectivity index (χ1) is 20.8. The number of carbonyl (C=O) groups is 3. The number of ether oxygens (including phenoxy) is 4. The minimum atomic E-state index is -1.21. The molecule has 0 aromatic heterocycles. The molecule has 12 heteroatoms. The molecule has 4 rings (SSSR count). The van der Waals surface area contributed by atoms with E-state index in [9.17, 15) is 24.6 Å². The van der Waals surface area contributed by atoms with E-state index in [2.05, 4.69) is 5.32 Å². The maximum absolute atomic E-state index is 12.9. The number of nitrogens with zero attached hydrogens (tertiary/aromatic N) is 1. The van der Waals surface area contributed by atoms with E-state index in [1.54, 1.807) is 23.1 Å². The summed E-state index contributed by atoms with van der Waals surface area (Å²) < 4.78 is 22.8. The molecule has 2 aromatic rings. The van der Waals surface area contributed by atoms with Crippen LogP contribution < -0.4 is 15.8 Å². The Bertz CT molecular complexity index is 1180. The highest BCUT2D eigenvalue weighted by molar-refractivity contribution is 5.92. The van der Waals surface area contributed by atoms with Gasteiger partial charge in [0, 0.05) is 32.4 Å². The van der Waals surface area contributed by atoms with Gasteiger partial charge >= 0.3 is 12.1 Å². The van der Waals surface area contributed by atoms with E-state index in [1.165, 1.54) is 0 Å². The van der Waals surface area contributed by atoms with Crippen LogP contribution in [0.5, 0.6) is 5.75 Å². The van der Waals surface area contributed by atoms with Crippen molar-refractivity contribution in [1.29, 1.82) is 0 Å². The number of benzene rings is 2. The fourth-order valence-corrected chi connectivity index (χ4v) is 4.75. The summed E-state index contributed by atoms with van der Waals surface area (Å²) >= 11 is 0. The second-order valence-corrected chi connectivity index (χ2v) is 10.0. The molecule has 5 N–H and O–H groups in total. The largest absolute Gasteiger partial charge is 0.479 e. The predicted molar refractivity (Wildman–Crippen MR) is 158 cm³/mol. The van der Waals surface area contributed by atoms with Gasteiger partial charge in [0.1, 0.15) is 18.6 Å². The van der Waals surface area contributed by atoms with E-state index in [-0.39, 0.29) is 56.0 Å². The lowest BCUT2D eigenvalue weighted by atomic mass is 10.1. The number of carboxylic acid groups (broad SMARTS) is 1. The van der Waals surface area contributed by atoms with Crippen LogP contribution in [0.2, 0.25) is 0 Å². The summed E-state index contributed by atoms with van der Waals surface area (Å²) in [6, 6.07) is 14.8. The zero-order valence-corrected chi connectivity index (χ0v) is 24.8. The number of likely N-dealkylation sites (tertiary alicyclic amines) is 1. The second-order valence-electron chi connectivity index (χ2n) is 10.0. The molecule has 12 nitrogen and oxygen atoms in total. The molecule has 0 aliphatic carbocycles. The molecule has 0 radical (unpaired) electrons. The number of rotatable bonds is 12. The molecule has 2 saturated heterocycles. The van der Waals surface area contributed by atoms with Crippen LogP contribution in [-0.4, -0.2) is 77.5 Å². The monoisotopic (exact) mass is 601 g/mol. The number of anilines is 1. The van der Waals surface area contributed by atoms with E-state index >= 15 is 0 Å². The lowest BCUT2D eigenvalue weighted by Crippen LogP contribution is -2.42. The quantitative estimate of drug-likeness (QED) is 0.282. The van der Waals surface area contributed by atoms with Crippen molar-refractivity contribution in [2.24, 2.45) is 5.73 Å². The van der Waals surface area contributed by atoms with Crippen molar-refractivity contribution in [3.8, 4) is 5.75 Å². The highest BCUT2D eigenvalue weighted by atomic mass is 16.7. The number of hydrogen-bond acceptors (Lipinski definition) is 9. The van der Waals surface area contributed by atoms with Gasteiger partial charge in [-0.05, 0) is 42.5 Å². The summed E-state index contributed by atoms with van der Waals surface area (Å²) in [5.74, 6) is -1.35. The van der Waals surface area contributed by atoms with Crippen LogP contribution >= 0.6 is 0 Å². The van der Waals surface area contributed by atoms with E-state index in [4.69, 9.17) is 24.7 Å². The zero-order chi connectivity index (χ0) is 31.2. The standard InChI is InChI=1S/C29H37N3O9.C2H6/c30-12-10-25(34)31-22-15-20(8-9-23(22)40-27-17-21(33)16-24(41-27)28(35)36)18-39-29(37)32-13-4-7-26(32)38-14-11-19-5-2-1-3-6-19;1-2/h1-3,5-6,8-9,15,21,24,26-27,33H,4,7,10-14,16-18,30H2,(H,31,34)(H,35,36);1-2H3/t21-,24-,26?,27?;/m0./s1. The SMILES string of the molecule is CC.NCCC(=O)Nc1cc(COC(=O)N2CCCC2OCCc2ccccc2)ccc1OC1C[C@@H](O)C[C@@H](C(=O)O)O1. The number of aliphatic hydroxyl groups excluding tert-OH is 1. The zero-order valence-electron chi connectivity index (χ0n) is 24.8. The highest BCUT2D eigenvalue weighted by Crippen LogP contribution is 2.31. The van der Waals surface area contributed by atoms with Crippen LogP contribution in [0.4, 0.5) is 10.5 Å². The van der Waals surface area contributed by atoms with Gasteiger partial charge in [0.25, 0.3) is 0 Å². The van der Waals surface area contributed by atoms with Crippen molar-refractivity contribution in [2.45, 2.75) is 83.7 Å². The molecule has 2 aromatic carbocycles. The Morgan fingerprint density at radius 2 is 1.86 bits per heavy atom. The van der Waals surface area contributed by atoms with Gasteiger partial charge < -0.3 is 40.2 Å². The summed E-state index contributed by atoms with van der Waals surface area (Å²) in [5, 5.41) is 22.1. The van der Waals surface area contributed by atoms with E-state index in [0.717, 1.165) is 24.8 Å². The maximum atomic E-state index is 12.9. The molecule has 0 saturated carbocycles. The van der Waals surface area contributed by atoms with E-state index in [0.29, 0.717) is 18.7 Å². The molecule has 0 bridgehead atoms. The normalized spacial score (nSPS) is 21.3. The topological polar surface area (TPSA) is 170 Å². The van der Waals surface area contributed by atoms with Crippen molar-refractivity contribution >= 4 is 23.7 Å². The van der Waals surface area contributed by atoms with Crippen molar-refractivity contribution in [3.63, 3.8) is 0 Å². The maximum Gasteiger partial charge on any atom is 0.412 e. The van der Waals surface area contributed by atoms with Gasteiger partial charge in [0.15, 0.2) is 6.10 Å². The number of aliphatic carboxylic acids is 1. The molecule has 2 fully saturated rings. The molecule has 2 amide bonds. The summed E-state index contributed by atoms with van der Waals surface area (Å²) in [6.45, 7) is 5.10. The highest BCUT2D eigenvalue weighted by Gasteiger charge is 2.34. The van der Waals surface area contributed by atoms with Gasteiger partial charge in [0.05, 0.1) is 18.4 Å². The molecule has 2 aliphatic heterocycles. The lowest BCUT2D eigenvalue weighted by molar-refractivity contribution is -0.195. The predicted octanol–water partition coefficient (Wildman–Crippen LogP) is 3.65. The van der Waals surface area contributed by atoms with Gasteiger partial charge in [-0.1, -0.05) is 50.2 Å². The average molecular weight is 602 g/mol. The van der Waals surface area contributed by atoms with Crippen LogP contribution in [0.15, 0.2) is 48.5 Å². The molecule has 4 atom stereocenters. The number of carboxylic acids is 1. The van der Waals surface area contributed by atoms with Crippen LogP contribution in [0.25, 0.3) is 0 Å². The third-order valence-electron chi connectivity index (χ3n) is 6.83. The second kappa shape index (κ2) is 17.4. The molecule has 236 valence electrons. The minimum absolute atomic E-state index is 0.0461. The minimum Gasteiger partial charge on any atom is -0.479 e. The molecule has 2 aliphatic rings. The van der Waals surface area contributed by atoms with Crippen molar-refractivity contribution in [2.75, 3.05) is 25.0 Å². The Morgan fingerprint density at radius 3 is 2.58 bits per heavy atom. The van der Waals surface area contributed by atoms with Crippen LogP contribution in [0, 0.1) is 0 Å². The van der Waals surface area contributed by atoms with Gasteiger partial charge in [0.2, 0.25) is 12.2 Å². The first-order valence-electron chi connectivity index (χ1n) is 14.8. The van der Waals surface area contributed by atoms with E-state index < -0.39 is 30.6 Å². The van der Waals surface area contributed by atoms with Crippen LogP contribution in [-0.2, 0) is 36.8 Å². The molecule has 2 unspecified atom stereocenters. The van der Waals surface area contributed by atoms with Gasteiger partial charge in [-0.25, -0.2) is 9.59 Å². The van der Waals surface area contributed by atoms with Crippen molar-refractivity contribution in [1.82, 2.24) is 4.90 Å².